The molecule has 1 atom stereocenters. The van der Waals surface area contributed by atoms with Gasteiger partial charge in [0.05, 0.1) is 13.2 Å². The highest BCUT2D eigenvalue weighted by Crippen LogP contribution is 2.26. The number of nitrogens with one attached hydrogen (secondary N) is 2. The second-order valence-corrected chi connectivity index (χ2v) is 6.95. The summed E-state index contributed by atoms with van der Waals surface area (Å²) in [4.78, 5) is 10.8. The Bertz CT molecular complexity index is 583. The fraction of sp³-hybridized carbons (Fsp3) is 0.684. The molecule has 1 aliphatic heterocycles. The molecule has 6 nitrogen and oxygen atoms in total. The number of rotatable bonds is 8. The van der Waals surface area contributed by atoms with Crippen LogP contribution in [0.15, 0.2) is 23.3 Å². The Labute approximate surface area is 155 Å². The van der Waals surface area contributed by atoms with Gasteiger partial charge in [-0.2, -0.15) is 0 Å². The van der Waals surface area contributed by atoms with Gasteiger partial charge in [-0.05, 0) is 38.3 Å². The summed E-state index contributed by atoms with van der Waals surface area (Å²) in [6.45, 7) is 9.14. The third-order valence-electron chi connectivity index (χ3n) is 5.32. The van der Waals surface area contributed by atoms with Crippen LogP contribution in [0.4, 0.5) is 10.2 Å². The van der Waals surface area contributed by atoms with E-state index in [9.17, 15) is 9.50 Å². The molecule has 0 saturated carbocycles. The highest BCUT2D eigenvalue weighted by Gasteiger charge is 2.27. The van der Waals surface area contributed by atoms with Gasteiger partial charge in [-0.1, -0.05) is 13.8 Å². The summed E-state index contributed by atoms with van der Waals surface area (Å²) in [5.41, 5.74) is -0.166. The number of aliphatic hydroxyl groups is 1. The Morgan fingerprint density at radius 2 is 2.19 bits per heavy atom. The van der Waals surface area contributed by atoms with Gasteiger partial charge in [-0.15, -0.1) is 0 Å². The van der Waals surface area contributed by atoms with E-state index in [1.165, 1.54) is 6.07 Å². The lowest BCUT2D eigenvalue weighted by Crippen LogP contribution is -2.45. The van der Waals surface area contributed by atoms with Crippen LogP contribution in [0, 0.1) is 11.2 Å². The van der Waals surface area contributed by atoms with Gasteiger partial charge in [0.2, 0.25) is 0 Å². The summed E-state index contributed by atoms with van der Waals surface area (Å²) in [5, 5.41) is 16.4. The lowest BCUT2D eigenvalue weighted by atomic mass is 9.83. The summed E-state index contributed by atoms with van der Waals surface area (Å²) in [5.74, 6) is 0.878. The van der Waals surface area contributed by atoms with Crippen molar-refractivity contribution < 1.29 is 9.50 Å². The van der Waals surface area contributed by atoms with E-state index >= 15 is 0 Å². The zero-order valence-electron chi connectivity index (χ0n) is 16.1. The van der Waals surface area contributed by atoms with Crippen molar-refractivity contribution in [3.05, 3.63) is 24.1 Å². The van der Waals surface area contributed by atoms with Crippen molar-refractivity contribution in [1.82, 2.24) is 15.6 Å². The van der Waals surface area contributed by atoms with Crippen molar-refractivity contribution in [3.8, 4) is 0 Å². The summed E-state index contributed by atoms with van der Waals surface area (Å²) in [7, 11) is 0. The predicted molar refractivity (Wildman–Crippen MR) is 104 cm³/mol. The fourth-order valence-electron chi connectivity index (χ4n) is 3.19. The first kappa shape index (κ1) is 20.4. The molecule has 2 heterocycles. The number of hydrogen-bond donors (Lipinski definition) is 3. The topological polar surface area (TPSA) is 72.8 Å². The molecule has 1 aliphatic rings. The Morgan fingerprint density at radius 3 is 2.81 bits per heavy atom. The largest absolute Gasteiger partial charge is 0.396 e. The van der Waals surface area contributed by atoms with Crippen LogP contribution in [0.25, 0.3) is 0 Å². The highest BCUT2D eigenvalue weighted by molar-refractivity contribution is 5.80. The molecule has 146 valence electrons. The lowest BCUT2D eigenvalue weighted by molar-refractivity contribution is 0.123. The first-order chi connectivity index (χ1) is 12.6. The molecular weight excluding hydrogens is 333 g/mol. The number of aliphatic imine (C=N–C) groups is 1. The molecule has 3 N–H and O–H groups in total. The maximum atomic E-state index is 13.9. The average Bonchev–Trinajstić information content (AvgIpc) is 3.12. The molecule has 0 aliphatic carbocycles. The molecule has 26 heavy (non-hydrogen) atoms. The molecule has 1 unspecified atom stereocenters. The minimum atomic E-state index is -0.285. The molecule has 0 spiro atoms. The summed E-state index contributed by atoms with van der Waals surface area (Å²) < 4.78 is 13.9. The average molecular weight is 365 g/mol. The minimum Gasteiger partial charge on any atom is -0.396 e. The third-order valence-corrected chi connectivity index (χ3v) is 5.32. The quantitative estimate of drug-likeness (QED) is 0.486. The van der Waals surface area contributed by atoms with E-state index in [-0.39, 0.29) is 23.9 Å². The van der Waals surface area contributed by atoms with Crippen molar-refractivity contribution in [2.45, 2.75) is 46.1 Å². The van der Waals surface area contributed by atoms with E-state index in [2.05, 4.69) is 29.5 Å². The maximum absolute atomic E-state index is 13.9. The SMILES string of the molecule is CCNC(=NCC(CC)(CC)CO)NC1CCN(c2ncccc2F)C1. The molecular formula is C19H32FN5O. The Hall–Kier alpha value is -1.89. The van der Waals surface area contributed by atoms with Gasteiger partial charge in [-0.25, -0.2) is 9.37 Å². The normalized spacial score (nSPS) is 18.3. The molecule has 1 fully saturated rings. The molecule has 0 bridgehead atoms. The third kappa shape index (κ3) is 5.06. The van der Waals surface area contributed by atoms with Crippen LogP contribution in [0.1, 0.15) is 40.0 Å². The number of anilines is 1. The second kappa shape index (κ2) is 9.71. The lowest BCUT2D eigenvalue weighted by Gasteiger charge is -2.28. The highest BCUT2D eigenvalue weighted by atomic mass is 19.1. The summed E-state index contributed by atoms with van der Waals surface area (Å²) in [6.07, 6.45) is 4.29. The predicted octanol–water partition coefficient (Wildman–Crippen LogP) is 2.15. The number of aromatic nitrogens is 1. The zero-order chi connectivity index (χ0) is 19.0. The molecule has 1 saturated heterocycles. The second-order valence-electron chi connectivity index (χ2n) is 6.95. The first-order valence-electron chi connectivity index (χ1n) is 9.58. The summed E-state index contributed by atoms with van der Waals surface area (Å²) >= 11 is 0. The Balaban J connectivity index is 2.00. The van der Waals surface area contributed by atoms with E-state index in [1.807, 2.05) is 11.8 Å². The minimum absolute atomic E-state index is 0.138. The maximum Gasteiger partial charge on any atom is 0.191 e. The molecule has 0 aromatic carbocycles. The van der Waals surface area contributed by atoms with Gasteiger partial charge < -0.3 is 20.6 Å². The van der Waals surface area contributed by atoms with Crippen LogP contribution >= 0.6 is 0 Å². The van der Waals surface area contributed by atoms with E-state index in [1.54, 1.807) is 12.3 Å². The van der Waals surface area contributed by atoms with Crippen LogP contribution in [-0.4, -0.2) is 54.9 Å². The molecule has 1 aromatic rings. The Kier molecular flexibility index (Phi) is 7.63. The van der Waals surface area contributed by atoms with Crippen molar-refractivity contribution in [2.75, 3.05) is 37.7 Å². The number of nitrogens with zero attached hydrogens (tertiary/aromatic N) is 3. The molecule has 7 heteroatoms. The van der Waals surface area contributed by atoms with Crippen molar-refractivity contribution in [2.24, 2.45) is 10.4 Å². The van der Waals surface area contributed by atoms with E-state index < -0.39 is 0 Å². The first-order valence-corrected chi connectivity index (χ1v) is 9.58. The fourth-order valence-corrected chi connectivity index (χ4v) is 3.19. The monoisotopic (exact) mass is 365 g/mol. The van der Waals surface area contributed by atoms with E-state index in [4.69, 9.17) is 4.99 Å². The van der Waals surface area contributed by atoms with Crippen LogP contribution in [0.2, 0.25) is 0 Å². The molecule has 0 amide bonds. The van der Waals surface area contributed by atoms with Gasteiger partial charge in [0.15, 0.2) is 17.6 Å². The van der Waals surface area contributed by atoms with Gasteiger partial charge >= 0.3 is 0 Å². The van der Waals surface area contributed by atoms with E-state index in [0.29, 0.717) is 18.9 Å². The van der Waals surface area contributed by atoms with Crippen molar-refractivity contribution in [1.29, 1.82) is 0 Å². The van der Waals surface area contributed by atoms with Gasteiger partial charge in [0.25, 0.3) is 0 Å². The van der Waals surface area contributed by atoms with Crippen LogP contribution < -0.4 is 15.5 Å². The number of pyridine rings is 1. The van der Waals surface area contributed by atoms with Crippen molar-refractivity contribution in [3.63, 3.8) is 0 Å². The van der Waals surface area contributed by atoms with Gasteiger partial charge in [0.1, 0.15) is 0 Å². The van der Waals surface area contributed by atoms with Crippen LogP contribution in [-0.2, 0) is 0 Å². The van der Waals surface area contributed by atoms with Crippen LogP contribution in [0.5, 0.6) is 0 Å². The van der Waals surface area contributed by atoms with Crippen molar-refractivity contribution >= 4 is 11.8 Å². The molecule has 2 rings (SSSR count). The van der Waals surface area contributed by atoms with Gasteiger partial charge in [0, 0.05) is 37.3 Å². The summed E-state index contributed by atoms with van der Waals surface area (Å²) in [6, 6.07) is 3.23. The number of hydrogen-bond acceptors (Lipinski definition) is 4. The molecule has 0 radical (unpaired) electrons. The van der Waals surface area contributed by atoms with Crippen LogP contribution in [0.3, 0.4) is 0 Å². The number of guanidine groups is 1. The number of aliphatic hydroxyl groups excluding tert-OH is 1. The standard InChI is InChI=1S/C19H32FN5O/c1-4-19(5-2,14-26)13-23-18(21-6-3)24-15-9-11-25(12-15)17-16(20)8-7-10-22-17/h7-8,10,15,26H,4-6,9,11-14H2,1-3H3,(H2,21,23,24). The molecule has 1 aromatic heterocycles. The van der Waals surface area contributed by atoms with Gasteiger partial charge in [-0.3, -0.25) is 4.99 Å². The smallest absolute Gasteiger partial charge is 0.191 e. The Morgan fingerprint density at radius 1 is 1.42 bits per heavy atom. The zero-order valence-corrected chi connectivity index (χ0v) is 16.1. The van der Waals surface area contributed by atoms with E-state index in [0.717, 1.165) is 38.3 Å². The number of halogens is 1.